The molecule has 1 fully saturated rings. The first-order valence-corrected chi connectivity index (χ1v) is 7.59. The van der Waals surface area contributed by atoms with E-state index in [-0.39, 0.29) is 0 Å². The molecule has 3 N–H and O–H groups in total. The molecule has 0 amide bonds. The summed E-state index contributed by atoms with van der Waals surface area (Å²) in [5, 5.41) is 9.03. The molecule has 1 aliphatic heterocycles. The lowest BCUT2D eigenvalue weighted by atomic mass is 10.2. The molecule has 1 heterocycles. The summed E-state index contributed by atoms with van der Waals surface area (Å²) in [5.74, 6) is -1.93. The van der Waals surface area contributed by atoms with Crippen molar-refractivity contribution in [2.75, 3.05) is 6.54 Å². The van der Waals surface area contributed by atoms with E-state index in [1.807, 2.05) is 6.92 Å². The van der Waals surface area contributed by atoms with E-state index in [1.54, 1.807) is 0 Å². The van der Waals surface area contributed by atoms with Crippen molar-refractivity contribution < 1.29 is 24.3 Å². The van der Waals surface area contributed by atoms with Crippen LogP contribution in [0.3, 0.4) is 0 Å². The Labute approximate surface area is 101 Å². The van der Waals surface area contributed by atoms with Gasteiger partial charge in [0.2, 0.25) is 0 Å². The van der Waals surface area contributed by atoms with E-state index >= 15 is 0 Å². The molecule has 100 valence electrons. The summed E-state index contributed by atoms with van der Waals surface area (Å²) in [5.41, 5.74) is 0. The lowest BCUT2D eigenvalue weighted by Crippen LogP contribution is -2.43. The number of carboxylic acids is 1. The normalized spacial score (nSPS) is 23.8. The topological polar surface area (TPSA) is 98.1 Å². The van der Waals surface area contributed by atoms with Gasteiger partial charge < -0.3 is 14.9 Å². The third kappa shape index (κ3) is 3.78. The fourth-order valence-corrected chi connectivity index (χ4v) is 3.51. The van der Waals surface area contributed by atoms with E-state index in [1.165, 1.54) is 4.90 Å². The second kappa shape index (κ2) is 5.96. The highest BCUT2D eigenvalue weighted by molar-refractivity contribution is 7.52. The van der Waals surface area contributed by atoms with Crippen molar-refractivity contribution in [1.29, 1.82) is 0 Å². The lowest BCUT2D eigenvalue weighted by molar-refractivity contribution is -0.142. The minimum absolute atomic E-state index is 0.352. The first-order valence-electron chi connectivity index (χ1n) is 5.91. The molecule has 0 aromatic heterocycles. The average Bonchev–Trinajstić information content (AvgIpc) is 2.65. The number of carboxylic acid groups (broad SMARTS) is 1. The van der Waals surface area contributed by atoms with Crippen molar-refractivity contribution in [2.45, 2.75) is 50.9 Å². The Bertz CT molecular complexity index is 316. The number of hydrogen-bond donors (Lipinski definition) is 3. The molecule has 0 aromatic carbocycles. The Kier molecular flexibility index (Phi) is 5.13. The number of hydrogen-bond acceptors (Lipinski definition) is 3. The summed E-state index contributed by atoms with van der Waals surface area (Å²) in [7, 11) is -4.27. The van der Waals surface area contributed by atoms with Crippen LogP contribution in [0.4, 0.5) is 0 Å². The van der Waals surface area contributed by atoms with Gasteiger partial charge in [-0.2, -0.15) is 0 Å². The van der Waals surface area contributed by atoms with Crippen LogP contribution in [0.15, 0.2) is 0 Å². The molecule has 0 saturated carbocycles. The van der Waals surface area contributed by atoms with Crippen LogP contribution in [-0.2, 0) is 9.36 Å². The van der Waals surface area contributed by atoms with Crippen LogP contribution < -0.4 is 0 Å². The van der Waals surface area contributed by atoms with E-state index in [4.69, 9.17) is 5.11 Å². The lowest BCUT2D eigenvalue weighted by Gasteiger charge is -2.31. The standard InChI is InChI=1S/C10H20NO5P/c1-2-3-6-9(17(14,15)16)11-7-4-5-8(11)10(12)13/h8-9H,2-7H2,1H3,(H,12,13)(H2,14,15,16). The van der Waals surface area contributed by atoms with E-state index in [9.17, 15) is 19.1 Å². The molecule has 17 heavy (non-hydrogen) atoms. The van der Waals surface area contributed by atoms with Gasteiger partial charge in [-0.3, -0.25) is 14.3 Å². The maximum absolute atomic E-state index is 11.5. The Morgan fingerprint density at radius 2 is 2.18 bits per heavy atom. The number of rotatable bonds is 6. The Morgan fingerprint density at radius 1 is 1.53 bits per heavy atom. The van der Waals surface area contributed by atoms with Crippen LogP contribution in [0.5, 0.6) is 0 Å². The minimum Gasteiger partial charge on any atom is -0.480 e. The fourth-order valence-electron chi connectivity index (χ4n) is 2.32. The van der Waals surface area contributed by atoms with Crippen LogP contribution >= 0.6 is 7.60 Å². The number of nitrogens with zero attached hydrogens (tertiary/aromatic N) is 1. The van der Waals surface area contributed by atoms with Gasteiger partial charge in [0.25, 0.3) is 0 Å². The molecule has 1 rings (SSSR count). The van der Waals surface area contributed by atoms with Crippen molar-refractivity contribution in [1.82, 2.24) is 4.90 Å². The van der Waals surface area contributed by atoms with Crippen LogP contribution in [0, 0.1) is 0 Å². The molecule has 0 radical (unpaired) electrons. The van der Waals surface area contributed by atoms with Gasteiger partial charge in [0.15, 0.2) is 0 Å². The van der Waals surface area contributed by atoms with Crippen molar-refractivity contribution in [3.63, 3.8) is 0 Å². The summed E-state index contributed by atoms with van der Waals surface area (Å²) in [4.78, 5) is 31.2. The summed E-state index contributed by atoms with van der Waals surface area (Å²) < 4.78 is 11.5. The Hall–Kier alpha value is -0.420. The Balaban J connectivity index is 2.82. The minimum atomic E-state index is -4.27. The zero-order valence-electron chi connectivity index (χ0n) is 9.95. The first-order chi connectivity index (χ1) is 7.88. The maximum Gasteiger partial charge on any atom is 0.342 e. The maximum atomic E-state index is 11.5. The molecular weight excluding hydrogens is 245 g/mol. The highest BCUT2D eigenvalue weighted by Gasteiger charge is 2.42. The largest absolute Gasteiger partial charge is 0.480 e. The third-order valence-electron chi connectivity index (χ3n) is 3.17. The number of carbonyl (C=O) groups is 1. The molecule has 2 unspecified atom stereocenters. The number of aliphatic carboxylic acids is 1. The Morgan fingerprint density at radius 3 is 2.65 bits per heavy atom. The molecule has 0 bridgehead atoms. The van der Waals surface area contributed by atoms with E-state index in [0.717, 1.165) is 6.42 Å². The van der Waals surface area contributed by atoms with Gasteiger partial charge in [-0.25, -0.2) is 0 Å². The molecule has 1 aliphatic rings. The van der Waals surface area contributed by atoms with Gasteiger partial charge in [0, 0.05) is 0 Å². The fraction of sp³-hybridized carbons (Fsp3) is 0.900. The van der Waals surface area contributed by atoms with Gasteiger partial charge in [-0.1, -0.05) is 19.8 Å². The predicted octanol–water partition coefficient (Wildman–Crippen LogP) is 1.23. The van der Waals surface area contributed by atoms with Crippen molar-refractivity contribution in [3.8, 4) is 0 Å². The van der Waals surface area contributed by atoms with Crippen LogP contribution in [0.2, 0.25) is 0 Å². The SMILES string of the molecule is CCCCC(N1CCCC1C(=O)O)P(=O)(O)O. The molecule has 6 nitrogen and oxygen atoms in total. The smallest absolute Gasteiger partial charge is 0.342 e. The first kappa shape index (κ1) is 14.6. The summed E-state index contributed by atoms with van der Waals surface area (Å²) in [6, 6.07) is -0.746. The third-order valence-corrected chi connectivity index (χ3v) is 4.50. The van der Waals surface area contributed by atoms with Crippen LogP contribution in [-0.4, -0.2) is 44.1 Å². The van der Waals surface area contributed by atoms with Crippen LogP contribution in [0.25, 0.3) is 0 Å². The monoisotopic (exact) mass is 265 g/mol. The number of unbranched alkanes of at least 4 members (excludes halogenated alkanes) is 1. The summed E-state index contributed by atoms with van der Waals surface area (Å²) in [6.07, 6.45) is 3.03. The van der Waals surface area contributed by atoms with Gasteiger partial charge in [-0.15, -0.1) is 0 Å². The molecule has 2 atom stereocenters. The average molecular weight is 265 g/mol. The summed E-state index contributed by atoms with van der Waals surface area (Å²) in [6.45, 7) is 2.39. The van der Waals surface area contributed by atoms with E-state index < -0.39 is 25.4 Å². The van der Waals surface area contributed by atoms with Crippen LogP contribution in [0.1, 0.15) is 39.0 Å². The van der Waals surface area contributed by atoms with E-state index in [0.29, 0.717) is 32.2 Å². The zero-order chi connectivity index (χ0) is 13.1. The molecule has 1 saturated heterocycles. The van der Waals surface area contributed by atoms with Gasteiger partial charge >= 0.3 is 13.6 Å². The van der Waals surface area contributed by atoms with Crippen molar-refractivity contribution >= 4 is 13.6 Å². The highest BCUT2D eigenvalue weighted by atomic mass is 31.2. The van der Waals surface area contributed by atoms with E-state index in [2.05, 4.69) is 0 Å². The quantitative estimate of drug-likeness (QED) is 0.625. The molecule has 0 aromatic rings. The molecule has 0 aliphatic carbocycles. The summed E-state index contributed by atoms with van der Waals surface area (Å²) >= 11 is 0. The highest BCUT2D eigenvalue weighted by Crippen LogP contribution is 2.47. The van der Waals surface area contributed by atoms with Gasteiger partial charge in [0.1, 0.15) is 11.8 Å². The zero-order valence-corrected chi connectivity index (χ0v) is 10.8. The van der Waals surface area contributed by atoms with Crippen molar-refractivity contribution in [2.24, 2.45) is 0 Å². The number of likely N-dealkylation sites (tertiary alicyclic amines) is 1. The second-order valence-corrected chi connectivity index (χ2v) is 6.22. The molecule has 7 heteroatoms. The molecule has 0 spiro atoms. The van der Waals surface area contributed by atoms with Gasteiger partial charge in [-0.05, 0) is 25.8 Å². The second-order valence-electron chi connectivity index (χ2n) is 4.45. The predicted molar refractivity (Wildman–Crippen MR) is 62.7 cm³/mol. The molecular formula is C10H20NO5P. The van der Waals surface area contributed by atoms with Crippen molar-refractivity contribution in [3.05, 3.63) is 0 Å². The van der Waals surface area contributed by atoms with Gasteiger partial charge in [0.05, 0.1) is 0 Å².